The fraction of sp³-hybridized carbons (Fsp3) is 0.273. The monoisotopic (exact) mass is 241 g/mol. The van der Waals surface area contributed by atoms with Crippen molar-refractivity contribution < 1.29 is 14.3 Å². The standard InChI is InChI=1S/C11H12ClNO3/c12-7-9(14)10(16-11(13)15)6-8-4-2-1-3-5-8/h1-5,10H,6-7H2,(H2,13,15). The van der Waals surface area contributed by atoms with Crippen LogP contribution in [0.2, 0.25) is 0 Å². The molecule has 1 amide bonds. The second kappa shape index (κ2) is 6.12. The Morgan fingerprint density at radius 2 is 1.94 bits per heavy atom. The second-order valence-corrected chi connectivity index (χ2v) is 3.48. The van der Waals surface area contributed by atoms with Crippen molar-refractivity contribution in [3.63, 3.8) is 0 Å². The summed E-state index contributed by atoms with van der Waals surface area (Å²) in [7, 11) is 0. The van der Waals surface area contributed by atoms with Gasteiger partial charge in [0.1, 0.15) is 0 Å². The Labute approximate surface area is 98.3 Å². The van der Waals surface area contributed by atoms with E-state index in [-0.39, 0.29) is 18.1 Å². The molecule has 1 aromatic carbocycles. The fourth-order valence-electron chi connectivity index (χ4n) is 1.28. The lowest BCUT2D eigenvalue weighted by atomic mass is 10.1. The van der Waals surface area contributed by atoms with Gasteiger partial charge in [-0.1, -0.05) is 30.3 Å². The number of nitrogens with two attached hydrogens (primary N) is 1. The van der Waals surface area contributed by atoms with Crippen molar-refractivity contribution >= 4 is 23.5 Å². The molecule has 0 bridgehead atoms. The molecule has 1 rings (SSSR count). The normalized spacial score (nSPS) is 11.8. The predicted octanol–water partition coefficient (Wildman–Crippen LogP) is 1.50. The molecule has 1 unspecified atom stereocenters. The maximum Gasteiger partial charge on any atom is 0.405 e. The van der Waals surface area contributed by atoms with Gasteiger partial charge in [-0.3, -0.25) is 4.79 Å². The van der Waals surface area contributed by atoms with Crippen molar-refractivity contribution in [3.8, 4) is 0 Å². The third-order valence-electron chi connectivity index (χ3n) is 2.01. The number of primary amides is 1. The minimum atomic E-state index is -0.973. The zero-order valence-electron chi connectivity index (χ0n) is 8.56. The molecule has 16 heavy (non-hydrogen) atoms. The Morgan fingerprint density at radius 3 is 2.44 bits per heavy atom. The second-order valence-electron chi connectivity index (χ2n) is 3.22. The highest BCUT2D eigenvalue weighted by atomic mass is 35.5. The summed E-state index contributed by atoms with van der Waals surface area (Å²) in [6.07, 6.45) is -1.59. The lowest BCUT2D eigenvalue weighted by Crippen LogP contribution is -2.32. The molecular weight excluding hydrogens is 230 g/mol. The van der Waals surface area contributed by atoms with E-state index in [0.29, 0.717) is 0 Å². The minimum absolute atomic E-state index is 0.204. The number of ether oxygens (including phenoxy) is 1. The van der Waals surface area contributed by atoms with E-state index in [1.165, 1.54) is 0 Å². The molecule has 0 spiro atoms. The first-order valence-corrected chi connectivity index (χ1v) is 5.25. The molecule has 1 atom stereocenters. The number of ketones is 1. The molecule has 0 aromatic heterocycles. The van der Waals surface area contributed by atoms with Crippen LogP contribution < -0.4 is 5.73 Å². The number of carbonyl (C=O) groups excluding carboxylic acids is 2. The van der Waals surface area contributed by atoms with E-state index in [1.807, 2.05) is 30.3 Å². The van der Waals surface area contributed by atoms with Crippen LogP contribution in [0.4, 0.5) is 4.79 Å². The summed E-state index contributed by atoms with van der Waals surface area (Å²) in [5, 5.41) is 0. The topological polar surface area (TPSA) is 69.4 Å². The first-order chi connectivity index (χ1) is 7.63. The van der Waals surface area contributed by atoms with Crippen LogP contribution in [0.3, 0.4) is 0 Å². The van der Waals surface area contributed by atoms with E-state index in [0.717, 1.165) is 5.56 Å². The minimum Gasteiger partial charge on any atom is -0.438 e. The Kier molecular flexibility index (Phi) is 4.79. The van der Waals surface area contributed by atoms with E-state index in [4.69, 9.17) is 22.1 Å². The smallest absolute Gasteiger partial charge is 0.405 e. The van der Waals surface area contributed by atoms with Crippen LogP contribution >= 0.6 is 11.6 Å². The Hall–Kier alpha value is -1.55. The van der Waals surface area contributed by atoms with E-state index in [9.17, 15) is 9.59 Å². The number of rotatable bonds is 5. The molecular formula is C11H12ClNO3. The van der Waals surface area contributed by atoms with Gasteiger partial charge in [0, 0.05) is 6.42 Å². The van der Waals surface area contributed by atoms with Crippen LogP contribution in [-0.4, -0.2) is 23.9 Å². The Bertz CT molecular complexity index is 367. The molecule has 0 aliphatic heterocycles. The van der Waals surface area contributed by atoms with Crippen molar-refractivity contribution in [3.05, 3.63) is 35.9 Å². The molecule has 86 valence electrons. The average Bonchev–Trinajstić information content (AvgIpc) is 2.28. The maximum absolute atomic E-state index is 11.4. The molecule has 1 aromatic rings. The molecule has 5 heteroatoms. The lowest BCUT2D eigenvalue weighted by molar-refractivity contribution is -0.124. The largest absolute Gasteiger partial charge is 0.438 e. The summed E-state index contributed by atoms with van der Waals surface area (Å²) < 4.78 is 4.71. The number of Topliss-reactive ketones (excluding diaryl/α,β-unsaturated/α-hetero) is 1. The first-order valence-electron chi connectivity index (χ1n) is 4.72. The van der Waals surface area contributed by atoms with Crippen LogP contribution in [-0.2, 0) is 16.0 Å². The summed E-state index contributed by atoms with van der Waals surface area (Å²) in [5.41, 5.74) is 5.76. The number of hydrogen-bond donors (Lipinski definition) is 1. The van der Waals surface area contributed by atoms with Gasteiger partial charge in [0.25, 0.3) is 0 Å². The highest BCUT2D eigenvalue weighted by Crippen LogP contribution is 2.07. The highest BCUT2D eigenvalue weighted by molar-refractivity contribution is 6.28. The SMILES string of the molecule is NC(=O)OC(Cc1ccccc1)C(=O)CCl. The summed E-state index contributed by atoms with van der Waals surface area (Å²) in [4.78, 5) is 22.0. The van der Waals surface area contributed by atoms with Crippen LogP contribution in [0.15, 0.2) is 30.3 Å². The average molecular weight is 242 g/mol. The summed E-state index contributed by atoms with van der Waals surface area (Å²) >= 11 is 5.41. The summed E-state index contributed by atoms with van der Waals surface area (Å²) in [6.45, 7) is 0. The molecule has 0 saturated heterocycles. The van der Waals surface area contributed by atoms with Crippen LogP contribution in [0.25, 0.3) is 0 Å². The zero-order chi connectivity index (χ0) is 12.0. The number of benzene rings is 1. The Balaban J connectivity index is 2.70. The van der Waals surface area contributed by atoms with Crippen LogP contribution in [0, 0.1) is 0 Å². The summed E-state index contributed by atoms with van der Waals surface area (Å²) in [5.74, 6) is -0.561. The van der Waals surface area contributed by atoms with Crippen molar-refractivity contribution in [2.75, 3.05) is 5.88 Å². The number of halogens is 1. The fourth-order valence-corrected chi connectivity index (χ4v) is 1.45. The van der Waals surface area contributed by atoms with Gasteiger partial charge < -0.3 is 10.5 Å². The molecule has 0 saturated carbocycles. The van der Waals surface area contributed by atoms with E-state index >= 15 is 0 Å². The molecule has 0 aliphatic rings. The lowest BCUT2D eigenvalue weighted by Gasteiger charge is -2.14. The van der Waals surface area contributed by atoms with Crippen LogP contribution in [0.1, 0.15) is 5.56 Å². The third-order valence-corrected chi connectivity index (χ3v) is 2.28. The van der Waals surface area contributed by atoms with Gasteiger partial charge in [-0.2, -0.15) is 0 Å². The number of hydrogen-bond acceptors (Lipinski definition) is 3. The maximum atomic E-state index is 11.4. The van der Waals surface area contributed by atoms with E-state index in [1.54, 1.807) is 0 Å². The van der Waals surface area contributed by atoms with Gasteiger partial charge in [0.2, 0.25) is 0 Å². The van der Waals surface area contributed by atoms with Gasteiger partial charge in [0.05, 0.1) is 5.88 Å². The van der Waals surface area contributed by atoms with Crippen molar-refractivity contribution in [1.29, 1.82) is 0 Å². The molecule has 0 aliphatic carbocycles. The van der Waals surface area contributed by atoms with Gasteiger partial charge in [-0.05, 0) is 5.56 Å². The highest BCUT2D eigenvalue weighted by Gasteiger charge is 2.21. The van der Waals surface area contributed by atoms with E-state index < -0.39 is 12.2 Å². The molecule has 2 N–H and O–H groups in total. The summed E-state index contributed by atoms with van der Waals surface area (Å²) in [6, 6.07) is 9.19. The molecule has 0 heterocycles. The van der Waals surface area contributed by atoms with Crippen molar-refractivity contribution in [2.45, 2.75) is 12.5 Å². The van der Waals surface area contributed by atoms with Crippen molar-refractivity contribution in [2.24, 2.45) is 5.73 Å². The van der Waals surface area contributed by atoms with Crippen LogP contribution in [0.5, 0.6) is 0 Å². The van der Waals surface area contributed by atoms with Crippen molar-refractivity contribution in [1.82, 2.24) is 0 Å². The zero-order valence-corrected chi connectivity index (χ0v) is 9.31. The number of alkyl halides is 1. The predicted molar refractivity (Wildman–Crippen MR) is 60.3 cm³/mol. The Morgan fingerprint density at radius 1 is 1.31 bits per heavy atom. The van der Waals surface area contributed by atoms with Gasteiger partial charge in [-0.25, -0.2) is 4.79 Å². The number of carbonyl (C=O) groups is 2. The molecule has 0 fully saturated rings. The molecule has 4 nitrogen and oxygen atoms in total. The molecule has 0 radical (unpaired) electrons. The van der Waals surface area contributed by atoms with Gasteiger partial charge in [-0.15, -0.1) is 11.6 Å². The van der Waals surface area contributed by atoms with Gasteiger partial charge in [0.15, 0.2) is 11.9 Å². The number of amides is 1. The third kappa shape index (κ3) is 3.90. The quantitative estimate of drug-likeness (QED) is 0.795. The first kappa shape index (κ1) is 12.5. The van der Waals surface area contributed by atoms with E-state index in [2.05, 4.69) is 0 Å². The van der Waals surface area contributed by atoms with Gasteiger partial charge >= 0.3 is 6.09 Å².